The van der Waals surface area contributed by atoms with Crippen molar-refractivity contribution in [3.05, 3.63) is 35.9 Å². The summed E-state index contributed by atoms with van der Waals surface area (Å²) in [5.41, 5.74) is 1.00. The summed E-state index contributed by atoms with van der Waals surface area (Å²) < 4.78 is 5.51. The van der Waals surface area contributed by atoms with Gasteiger partial charge < -0.3 is 9.64 Å². The monoisotopic (exact) mass is 329 g/mol. The quantitative estimate of drug-likeness (QED) is 0.814. The lowest BCUT2D eigenvalue weighted by Gasteiger charge is -2.37. The molecule has 2 bridgehead atoms. The first kappa shape index (κ1) is 17.0. The largest absolute Gasteiger partial charge is 0.445 e. The van der Waals surface area contributed by atoms with Gasteiger partial charge in [0.05, 0.1) is 0 Å². The van der Waals surface area contributed by atoms with Gasteiger partial charge in [-0.15, -0.1) is 0 Å². The van der Waals surface area contributed by atoms with Crippen LogP contribution in [0, 0.1) is 11.8 Å². The van der Waals surface area contributed by atoms with E-state index in [4.69, 9.17) is 4.74 Å². The third kappa shape index (κ3) is 3.80. The highest BCUT2D eigenvalue weighted by Crippen LogP contribution is 2.40. The molecule has 1 aromatic rings. The summed E-state index contributed by atoms with van der Waals surface area (Å²) in [5.74, 6) is 0.909. The summed E-state index contributed by atoms with van der Waals surface area (Å²) >= 11 is 0. The molecule has 0 N–H and O–H groups in total. The summed E-state index contributed by atoms with van der Waals surface area (Å²) in [6.45, 7) is 4.48. The van der Waals surface area contributed by atoms with Crippen molar-refractivity contribution in [1.29, 1.82) is 0 Å². The van der Waals surface area contributed by atoms with Crippen LogP contribution in [0.15, 0.2) is 30.3 Å². The van der Waals surface area contributed by atoms with Crippen LogP contribution in [-0.2, 0) is 16.1 Å². The smallest absolute Gasteiger partial charge is 0.410 e. The van der Waals surface area contributed by atoms with Crippen LogP contribution in [0.5, 0.6) is 0 Å². The highest BCUT2D eigenvalue weighted by atomic mass is 16.6. The van der Waals surface area contributed by atoms with E-state index < -0.39 is 0 Å². The molecular formula is C20H27NO3. The number of ether oxygens (including phenoxy) is 1. The van der Waals surface area contributed by atoms with E-state index in [1.165, 1.54) is 0 Å². The molecule has 0 spiro atoms. The Kier molecular flexibility index (Phi) is 5.22. The van der Waals surface area contributed by atoms with E-state index >= 15 is 0 Å². The zero-order chi connectivity index (χ0) is 17.1. The second-order valence-corrected chi connectivity index (χ2v) is 7.57. The summed E-state index contributed by atoms with van der Waals surface area (Å²) in [7, 11) is 0. The van der Waals surface area contributed by atoms with E-state index in [1.54, 1.807) is 0 Å². The second-order valence-electron chi connectivity index (χ2n) is 7.57. The number of carbonyl (C=O) groups excluding carboxylic acids is 2. The molecule has 0 saturated carbocycles. The fourth-order valence-corrected chi connectivity index (χ4v) is 4.10. The number of ketones is 1. The lowest BCUT2D eigenvalue weighted by atomic mass is 9.84. The fraction of sp³-hybridized carbons (Fsp3) is 0.600. The molecule has 0 radical (unpaired) electrons. The summed E-state index contributed by atoms with van der Waals surface area (Å²) in [6.07, 6.45) is 4.04. The molecule has 4 heteroatoms. The zero-order valence-electron chi connectivity index (χ0n) is 14.6. The second kappa shape index (κ2) is 7.37. The summed E-state index contributed by atoms with van der Waals surface area (Å²) in [5, 5.41) is 0. The maximum absolute atomic E-state index is 12.5. The summed E-state index contributed by atoms with van der Waals surface area (Å²) in [4.78, 5) is 26.8. The van der Waals surface area contributed by atoms with E-state index in [0.717, 1.165) is 31.2 Å². The van der Waals surface area contributed by atoms with Crippen LogP contribution in [0.1, 0.15) is 51.5 Å². The molecule has 2 saturated heterocycles. The molecule has 2 aliphatic rings. The van der Waals surface area contributed by atoms with Gasteiger partial charge in [-0.05, 0) is 37.2 Å². The van der Waals surface area contributed by atoms with Crippen molar-refractivity contribution >= 4 is 11.9 Å². The van der Waals surface area contributed by atoms with Gasteiger partial charge >= 0.3 is 6.09 Å². The van der Waals surface area contributed by atoms with Crippen LogP contribution >= 0.6 is 0 Å². The molecule has 2 aliphatic heterocycles. The standard InChI is InChI=1S/C20H27NO3/c1-14(2)10-19(22)16-11-17-8-9-18(12-16)21(17)20(23)24-13-15-6-4-3-5-7-15/h3-7,14,16-18H,8-13H2,1-2H3. The van der Waals surface area contributed by atoms with Gasteiger partial charge in [0.25, 0.3) is 0 Å². The van der Waals surface area contributed by atoms with Crippen molar-refractivity contribution in [3.8, 4) is 0 Å². The van der Waals surface area contributed by atoms with Gasteiger partial charge in [0.2, 0.25) is 0 Å². The third-order valence-electron chi connectivity index (χ3n) is 5.21. The zero-order valence-corrected chi connectivity index (χ0v) is 14.6. The average molecular weight is 329 g/mol. The Bertz CT molecular complexity index is 570. The maximum Gasteiger partial charge on any atom is 0.410 e. The Labute approximate surface area is 144 Å². The first-order valence-electron chi connectivity index (χ1n) is 9.06. The molecular weight excluding hydrogens is 302 g/mol. The first-order chi connectivity index (χ1) is 11.5. The molecule has 0 aromatic heterocycles. The topological polar surface area (TPSA) is 46.6 Å². The number of nitrogens with zero attached hydrogens (tertiary/aromatic N) is 1. The number of hydrogen-bond donors (Lipinski definition) is 0. The molecule has 0 aliphatic carbocycles. The predicted octanol–water partition coefficient (Wildman–Crippen LogP) is 4.18. The van der Waals surface area contributed by atoms with Gasteiger partial charge in [-0.2, -0.15) is 0 Å². The van der Waals surface area contributed by atoms with Crippen molar-refractivity contribution < 1.29 is 14.3 Å². The van der Waals surface area contributed by atoms with Gasteiger partial charge in [0, 0.05) is 24.4 Å². The highest BCUT2D eigenvalue weighted by Gasteiger charge is 2.45. The molecule has 2 heterocycles. The lowest BCUT2D eigenvalue weighted by molar-refractivity contribution is -0.125. The fourth-order valence-electron chi connectivity index (χ4n) is 4.10. The normalized spacial score (nSPS) is 25.8. The van der Waals surface area contributed by atoms with Crippen molar-refractivity contribution in [2.45, 2.75) is 64.6 Å². The van der Waals surface area contributed by atoms with Crippen LogP contribution in [-0.4, -0.2) is 28.9 Å². The van der Waals surface area contributed by atoms with Crippen LogP contribution in [0.2, 0.25) is 0 Å². The van der Waals surface area contributed by atoms with E-state index in [9.17, 15) is 9.59 Å². The van der Waals surface area contributed by atoms with Crippen molar-refractivity contribution in [3.63, 3.8) is 0 Å². The lowest BCUT2D eigenvalue weighted by Crippen LogP contribution is -2.48. The van der Waals surface area contributed by atoms with Gasteiger partial charge in [0.1, 0.15) is 12.4 Å². The molecule has 2 fully saturated rings. The van der Waals surface area contributed by atoms with Crippen LogP contribution in [0.4, 0.5) is 4.79 Å². The predicted molar refractivity (Wildman–Crippen MR) is 92.5 cm³/mol. The van der Waals surface area contributed by atoms with Crippen molar-refractivity contribution in [2.75, 3.05) is 0 Å². The molecule has 3 rings (SSSR count). The molecule has 2 unspecified atom stereocenters. The van der Waals surface area contributed by atoms with Crippen molar-refractivity contribution in [1.82, 2.24) is 4.90 Å². The number of amides is 1. The number of piperidine rings is 1. The van der Waals surface area contributed by atoms with Crippen molar-refractivity contribution in [2.24, 2.45) is 11.8 Å². The highest BCUT2D eigenvalue weighted by molar-refractivity contribution is 5.82. The summed E-state index contributed by atoms with van der Waals surface area (Å²) in [6, 6.07) is 10.1. The van der Waals surface area contributed by atoms with Crippen LogP contribution in [0.25, 0.3) is 0 Å². The first-order valence-corrected chi connectivity index (χ1v) is 9.06. The maximum atomic E-state index is 12.5. The Hall–Kier alpha value is -1.84. The molecule has 1 aromatic carbocycles. The van der Waals surface area contributed by atoms with Gasteiger partial charge in [-0.1, -0.05) is 44.2 Å². The Balaban J connectivity index is 1.56. The van der Waals surface area contributed by atoms with Gasteiger partial charge in [-0.25, -0.2) is 4.79 Å². The number of fused-ring (bicyclic) bond motifs is 2. The Morgan fingerprint density at radius 3 is 2.33 bits per heavy atom. The average Bonchev–Trinajstić information content (AvgIpc) is 2.83. The van der Waals surface area contributed by atoms with Crippen LogP contribution in [0.3, 0.4) is 0 Å². The van der Waals surface area contributed by atoms with Crippen LogP contribution < -0.4 is 0 Å². The van der Waals surface area contributed by atoms with Gasteiger partial charge in [0.15, 0.2) is 0 Å². The molecule has 4 nitrogen and oxygen atoms in total. The Morgan fingerprint density at radius 2 is 1.75 bits per heavy atom. The van der Waals surface area contributed by atoms with E-state index in [2.05, 4.69) is 13.8 Å². The number of benzene rings is 1. The Morgan fingerprint density at radius 1 is 1.12 bits per heavy atom. The molecule has 24 heavy (non-hydrogen) atoms. The number of carbonyl (C=O) groups is 2. The minimum absolute atomic E-state index is 0.128. The number of rotatable bonds is 5. The van der Waals surface area contributed by atoms with E-state index in [0.29, 0.717) is 24.7 Å². The minimum atomic E-state index is -0.221. The third-order valence-corrected chi connectivity index (χ3v) is 5.21. The van der Waals surface area contributed by atoms with E-state index in [1.807, 2.05) is 35.2 Å². The molecule has 130 valence electrons. The number of Topliss-reactive ketones (excluding diaryl/α,β-unsaturated/α-hetero) is 1. The number of hydrogen-bond acceptors (Lipinski definition) is 3. The minimum Gasteiger partial charge on any atom is -0.445 e. The SMILES string of the molecule is CC(C)CC(=O)C1CC2CCC(C1)N2C(=O)OCc1ccccc1. The van der Waals surface area contributed by atoms with Gasteiger partial charge in [-0.3, -0.25) is 4.79 Å². The molecule has 2 atom stereocenters. The van der Waals surface area contributed by atoms with E-state index in [-0.39, 0.29) is 24.1 Å². The molecule has 1 amide bonds.